The van der Waals surface area contributed by atoms with E-state index in [1.807, 2.05) is 25.1 Å². The summed E-state index contributed by atoms with van der Waals surface area (Å²) in [6.45, 7) is 2.22. The van der Waals surface area contributed by atoms with E-state index in [-0.39, 0.29) is 17.4 Å². The van der Waals surface area contributed by atoms with Crippen LogP contribution in [-0.2, 0) is 14.8 Å². The van der Waals surface area contributed by atoms with E-state index in [0.717, 1.165) is 22.9 Å². The van der Waals surface area contributed by atoms with Gasteiger partial charge in [-0.3, -0.25) is 4.79 Å². The lowest BCUT2D eigenvalue weighted by Gasteiger charge is -2.09. The highest BCUT2D eigenvalue weighted by atomic mass is 32.2. The van der Waals surface area contributed by atoms with Crippen LogP contribution in [0.2, 0.25) is 0 Å². The van der Waals surface area contributed by atoms with Gasteiger partial charge in [0, 0.05) is 23.8 Å². The summed E-state index contributed by atoms with van der Waals surface area (Å²) in [5.41, 5.74) is 0.667. The number of aromatic nitrogens is 1. The predicted octanol–water partition coefficient (Wildman–Crippen LogP) is 3.39. The van der Waals surface area contributed by atoms with Crippen LogP contribution >= 0.6 is 11.5 Å². The highest BCUT2D eigenvalue weighted by Gasteiger charge is 2.13. The zero-order valence-corrected chi connectivity index (χ0v) is 17.0. The third-order valence-corrected chi connectivity index (χ3v) is 6.22. The Morgan fingerprint density at radius 3 is 2.71 bits per heavy atom. The standard InChI is InChI=1S/C19H21N3O4S2/c1-2-3-10-21-28(24,25)17-7-5-16(6-8-17)26-13-19(23)22-15-4-9-18-14(11-15)12-20-27-18/h4-9,11-12,21H,2-3,10,13H2,1H3,(H,22,23). The van der Waals surface area contributed by atoms with Crippen LogP contribution in [0.3, 0.4) is 0 Å². The first-order valence-electron chi connectivity index (χ1n) is 8.85. The van der Waals surface area contributed by atoms with Crippen LogP contribution in [0.4, 0.5) is 5.69 Å². The van der Waals surface area contributed by atoms with Gasteiger partial charge in [-0.15, -0.1) is 0 Å². The van der Waals surface area contributed by atoms with Gasteiger partial charge in [0.05, 0.1) is 9.60 Å². The van der Waals surface area contributed by atoms with E-state index < -0.39 is 10.0 Å². The molecule has 3 aromatic rings. The number of nitrogens with one attached hydrogen (secondary N) is 2. The fourth-order valence-corrected chi connectivity index (χ4v) is 4.18. The molecule has 0 saturated carbocycles. The lowest BCUT2D eigenvalue weighted by atomic mass is 10.2. The SMILES string of the molecule is CCCCNS(=O)(=O)c1ccc(OCC(=O)Nc2ccc3sncc3c2)cc1. The van der Waals surface area contributed by atoms with Gasteiger partial charge >= 0.3 is 0 Å². The number of hydrogen-bond acceptors (Lipinski definition) is 6. The largest absolute Gasteiger partial charge is 0.484 e. The van der Waals surface area contributed by atoms with E-state index in [0.29, 0.717) is 18.0 Å². The maximum Gasteiger partial charge on any atom is 0.262 e. The molecule has 0 aliphatic rings. The molecular weight excluding hydrogens is 398 g/mol. The number of carbonyl (C=O) groups is 1. The molecule has 1 aromatic heterocycles. The van der Waals surface area contributed by atoms with Gasteiger partial charge in [0.1, 0.15) is 5.75 Å². The Bertz CT molecular complexity index is 1050. The molecule has 0 unspecified atom stereocenters. The molecule has 0 aliphatic carbocycles. The molecule has 9 heteroatoms. The van der Waals surface area contributed by atoms with Gasteiger partial charge in [0.25, 0.3) is 5.91 Å². The zero-order chi connectivity index (χ0) is 20.0. The number of rotatable bonds is 9. The van der Waals surface area contributed by atoms with Crippen LogP contribution in [0.5, 0.6) is 5.75 Å². The minimum atomic E-state index is -3.52. The van der Waals surface area contributed by atoms with Crippen LogP contribution in [0.15, 0.2) is 53.6 Å². The van der Waals surface area contributed by atoms with Crippen molar-refractivity contribution in [3.05, 3.63) is 48.7 Å². The second kappa shape index (κ2) is 9.13. The number of anilines is 1. The molecule has 7 nitrogen and oxygen atoms in total. The van der Waals surface area contributed by atoms with Gasteiger partial charge in [0.15, 0.2) is 6.61 Å². The number of ether oxygens (including phenoxy) is 1. The van der Waals surface area contributed by atoms with Crippen LogP contribution in [-0.4, -0.2) is 31.9 Å². The molecule has 0 fully saturated rings. The van der Waals surface area contributed by atoms with Crippen molar-refractivity contribution in [2.24, 2.45) is 0 Å². The first kappa shape index (κ1) is 20.2. The quantitative estimate of drug-likeness (QED) is 0.518. The van der Waals surface area contributed by atoms with Gasteiger partial charge in [0.2, 0.25) is 10.0 Å². The number of benzene rings is 2. The monoisotopic (exact) mass is 419 g/mol. The van der Waals surface area contributed by atoms with Crippen molar-refractivity contribution in [2.45, 2.75) is 24.7 Å². The minimum Gasteiger partial charge on any atom is -0.484 e. The molecular formula is C19H21N3O4S2. The molecule has 1 amide bonds. The fourth-order valence-electron chi connectivity index (χ4n) is 2.48. The predicted molar refractivity (Wildman–Crippen MR) is 110 cm³/mol. The molecule has 28 heavy (non-hydrogen) atoms. The van der Waals surface area contributed by atoms with E-state index in [4.69, 9.17) is 4.74 Å². The van der Waals surface area contributed by atoms with Crippen molar-refractivity contribution in [3.63, 3.8) is 0 Å². The minimum absolute atomic E-state index is 0.165. The lowest BCUT2D eigenvalue weighted by molar-refractivity contribution is -0.118. The molecule has 0 spiro atoms. The van der Waals surface area contributed by atoms with Crippen molar-refractivity contribution in [2.75, 3.05) is 18.5 Å². The molecule has 2 aromatic carbocycles. The fraction of sp³-hybridized carbons (Fsp3) is 0.263. The van der Waals surface area contributed by atoms with E-state index >= 15 is 0 Å². The number of unbranched alkanes of at least 4 members (excludes halogenated alkanes) is 1. The third-order valence-electron chi connectivity index (χ3n) is 3.96. The van der Waals surface area contributed by atoms with Crippen molar-refractivity contribution in [1.82, 2.24) is 9.10 Å². The Labute approximate surface area is 167 Å². The Morgan fingerprint density at radius 2 is 1.96 bits per heavy atom. The molecule has 0 aliphatic heterocycles. The molecule has 2 N–H and O–H groups in total. The summed E-state index contributed by atoms with van der Waals surface area (Å²) in [6, 6.07) is 11.5. The molecule has 0 radical (unpaired) electrons. The van der Waals surface area contributed by atoms with E-state index in [1.54, 1.807) is 6.20 Å². The van der Waals surface area contributed by atoms with Crippen LogP contribution < -0.4 is 14.8 Å². The van der Waals surface area contributed by atoms with Crippen molar-refractivity contribution in [1.29, 1.82) is 0 Å². The summed E-state index contributed by atoms with van der Waals surface area (Å²) in [7, 11) is -3.52. The average molecular weight is 420 g/mol. The normalized spacial score (nSPS) is 11.5. The summed E-state index contributed by atoms with van der Waals surface area (Å²) in [5.74, 6) is 0.112. The zero-order valence-electron chi connectivity index (χ0n) is 15.3. The van der Waals surface area contributed by atoms with Gasteiger partial charge in [-0.1, -0.05) is 13.3 Å². The maximum atomic E-state index is 12.1. The van der Waals surface area contributed by atoms with Crippen molar-refractivity contribution >= 4 is 43.2 Å². The maximum absolute atomic E-state index is 12.1. The van der Waals surface area contributed by atoms with Crippen LogP contribution in [0.25, 0.3) is 10.1 Å². The first-order chi connectivity index (χ1) is 13.5. The smallest absolute Gasteiger partial charge is 0.262 e. The van der Waals surface area contributed by atoms with Crippen molar-refractivity contribution < 1.29 is 17.9 Å². The Kier molecular flexibility index (Phi) is 6.61. The number of nitrogens with zero attached hydrogens (tertiary/aromatic N) is 1. The molecule has 0 bridgehead atoms. The summed E-state index contributed by atoms with van der Waals surface area (Å²) in [4.78, 5) is 12.2. The number of sulfonamides is 1. The average Bonchev–Trinajstić information content (AvgIpc) is 3.15. The molecule has 3 rings (SSSR count). The van der Waals surface area contributed by atoms with E-state index in [1.165, 1.54) is 35.8 Å². The Morgan fingerprint density at radius 1 is 1.18 bits per heavy atom. The van der Waals surface area contributed by atoms with Crippen LogP contribution in [0, 0.1) is 0 Å². The number of hydrogen-bond donors (Lipinski definition) is 2. The second-order valence-corrected chi connectivity index (χ2v) is 8.74. The molecule has 0 saturated heterocycles. The Balaban J connectivity index is 1.53. The van der Waals surface area contributed by atoms with Crippen molar-refractivity contribution in [3.8, 4) is 5.75 Å². The van der Waals surface area contributed by atoms with Gasteiger partial charge in [-0.05, 0) is 60.4 Å². The topological polar surface area (TPSA) is 97.4 Å². The molecule has 0 atom stereocenters. The Hall–Kier alpha value is -2.49. The number of amides is 1. The van der Waals surface area contributed by atoms with Gasteiger partial charge in [-0.25, -0.2) is 13.1 Å². The first-order valence-corrected chi connectivity index (χ1v) is 11.1. The van der Waals surface area contributed by atoms with E-state index in [9.17, 15) is 13.2 Å². The summed E-state index contributed by atoms with van der Waals surface area (Å²) >= 11 is 1.40. The molecule has 1 heterocycles. The van der Waals surface area contributed by atoms with E-state index in [2.05, 4.69) is 14.4 Å². The molecule has 148 valence electrons. The van der Waals surface area contributed by atoms with Crippen LogP contribution in [0.1, 0.15) is 19.8 Å². The highest BCUT2D eigenvalue weighted by Crippen LogP contribution is 2.22. The number of carbonyl (C=O) groups excluding carboxylic acids is 1. The van der Waals surface area contributed by atoms with Gasteiger partial charge < -0.3 is 10.1 Å². The van der Waals surface area contributed by atoms with Gasteiger partial charge in [-0.2, -0.15) is 4.37 Å². The lowest BCUT2D eigenvalue weighted by Crippen LogP contribution is -2.24. The third kappa shape index (κ3) is 5.28. The summed E-state index contributed by atoms with van der Waals surface area (Å²) < 4.78 is 37.4. The summed E-state index contributed by atoms with van der Waals surface area (Å²) in [5, 5.41) is 3.73. The highest BCUT2D eigenvalue weighted by molar-refractivity contribution is 7.89. The second-order valence-electron chi connectivity index (χ2n) is 6.14. The number of fused-ring (bicyclic) bond motifs is 1. The summed E-state index contributed by atoms with van der Waals surface area (Å²) in [6.07, 6.45) is 3.44.